The van der Waals surface area contributed by atoms with Crippen molar-refractivity contribution < 1.29 is 9.26 Å². The Hall–Kier alpha value is -0.940. The maximum absolute atomic E-state index is 5.96. The number of rotatable bonds is 3. The molecule has 16 heavy (non-hydrogen) atoms. The van der Waals surface area contributed by atoms with Gasteiger partial charge in [0, 0.05) is 6.61 Å². The van der Waals surface area contributed by atoms with E-state index >= 15 is 0 Å². The monoisotopic (exact) mass is 225 g/mol. The summed E-state index contributed by atoms with van der Waals surface area (Å²) in [5.41, 5.74) is 5.96. The molecule has 0 bridgehead atoms. The van der Waals surface area contributed by atoms with Crippen molar-refractivity contribution in [3.05, 3.63) is 11.7 Å². The second-order valence-corrected chi connectivity index (χ2v) is 4.67. The van der Waals surface area contributed by atoms with E-state index in [0.29, 0.717) is 24.2 Å². The molecule has 1 aliphatic heterocycles. The molecule has 2 N–H and O–H groups in total. The van der Waals surface area contributed by atoms with E-state index in [0.717, 1.165) is 19.4 Å². The lowest BCUT2D eigenvalue weighted by atomic mass is 10.0. The van der Waals surface area contributed by atoms with Crippen LogP contribution in [0.3, 0.4) is 0 Å². The van der Waals surface area contributed by atoms with Gasteiger partial charge >= 0.3 is 0 Å². The van der Waals surface area contributed by atoms with Gasteiger partial charge in [0.15, 0.2) is 5.82 Å². The molecule has 2 atom stereocenters. The lowest BCUT2D eigenvalue weighted by Gasteiger charge is -2.18. The first kappa shape index (κ1) is 11.5. The van der Waals surface area contributed by atoms with E-state index in [4.69, 9.17) is 15.0 Å². The second-order valence-electron chi connectivity index (χ2n) is 4.67. The third kappa shape index (κ3) is 2.41. The third-order valence-corrected chi connectivity index (χ3v) is 2.98. The normalized spacial score (nSPS) is 23.6. The Morgan fingerprint density at radius 3 is 2.88 bits per heavy atom. The fourth-order valence-corrected chi connectivity index (χ4v) is 1.78. The van der Waals surface area contributed by atoms with Crippen LogP contribution >= 0.6 is 0 Å². The largest absolute Gasteiger partial charge is 0.381 e. The van der Waals surface area contributed by atoms with Crippen LogP contribution in [0.1, 0.15) is 50.4 Å². The predicted octanol–water partition coefficient (Wildman–Crippen LogP) is 1.62. The van der Waals surface area contributed by atoms with Crippen LogP contribution in [0.15, 0.2) is 4.52 Å². The summed E-state index contributed by atoms with van der Waals surface area (Å²) in [6.07, 6.45) is 2.11. The van der Waals surface area contributed by atoms with Gasteiger partial charge in [-0.2, -0.15) is 4.98 Å². The van der Waals surface area contributed by atoms with E-state index in [-0.39, 0.29) is 12.0 Å². The number of nitrogens with zero attached hydrogens (tertiary/aromatic N) is 2. The number of hydrogen-bond donors (Lipinski definition) is 1. The molecule has 2 rings (SSSR count). The smallest absolute Gasteiger partial charge is 0.232 e. The summed E-state index contributed by atoms with van der Waals surface area (Å²) in [7, 11) is 0. The van der Waals surface area contributed by atoms with E-state index in [1.54, 1.807) is 0 Å². The van der Waals surface area contributed by atoms with E-state index < -0.39 is 0 Å². The molecule has 0 amide bonds. The number of nitrogens with two attached hydrogens (primary N) is 1. The summed E-state index contributed by atoms with van der Waals surface area (Å²) in [5.74, 6) is 1.84. The molecule has 2 unspecified atom stereocenters. The topological polar surface area (TPSA) is 74.2 Å². The summed E-state index contributed by atoms with van der Waals surface area (Å²) >= 11 is 0. The molecular formula is C11H19N3O2. The molecule has 1 aliphatic rings. The summed E-state index contributed by atoms with van der Waals surface area (Å²) in [6, 6.07) is -0.151. The maximum atomic E-state index is 5.96. The summed E-state index contributed by atoms with van der Waals surface area (Å²) in [6.45, 7) is 5.61. The van der Waals surface area contributed by atoms with Crippen molar-refractivity contribution >= 4 is 0 Å². The molecule has 0 saturated carbocycles. The van der Waals surface area contributed by atoms with E-state index in [1.807, 2.05) is 13.8 Å². The zero-order valence-electron chi connectivity index (χ0n) is 9.85. The minimum Gasteiger partial charge on any atom is -0.381 e. The van der Waals surface area contributed by atoms with Gasteiger partial charge in [0.25, 0.3) is 0 Å². The molecule has 0 aliphatic carbocycles. The molecule has 0 aromatic carbocycles. The lowest BCUT2D eigenvalue weighted by molar-refractivity contribution is 0.0705. The van der Waals surface area contributed by atoms with Gasteiger partial charge in [-0.15, -0.1) is 0 Å². The van der Waals surface area contributed by atoms with Crippen molar-refractivity contribution in [2.24, 2.45) is 11.7 Å². The van der Waals surface area contributed by atoms with Gasteiger partial charge in [0.2, 0.25) is 5.89 Å². The molecule has 5 nitrogen and oxygen atoms in total. The first-order valence-corrected chi connectivity index (χ1v) is 5.85. The van der Waals surface area contributed by atoms with Crippen LogP contribution < -0.4 is 5.73 Å². The number of hydrogen-bond acceptors (Lipinski definition) is 5. The SMILES string of the molecule is CC(C)C(N)c1noc(C2CCCOC2)n1. The number of aromatic nitrogens is 2. The Morgan fingerprint density at radius 2 is 2.25 bits per heavy atom. The molecule has 5 heteroatoms. The Balaban J connectivity index is 2.06. The molecular weight excluding hydrogens is 206 g/mol. The molecule has 1 fully saturated rings. The number of ether oxygens (including phenoxy) is 1. The zero-order valence-corrected chi connectivity index (χ0v) is 9.85. The highest BCUT2D eigenvalue weighted by molar-refractivity contribution is 4.99. The average Bonchev–Trinajstić information content (AvgIpc) is 2.78. The standard InChI is InChI=1S/C11H19N3O2/c1-7(2)9(12)10-13-11(16-14-10)8-4-3-5-15-6-8/h7-9H,3-6,12H2,1-2H3. The van der Waals surface area contributed by atoms with Crippen molar-refractivity contribution in [3.8, 4) is 0 Å². The van der Waals surface area contributed by atoms with Gasteiger partial charge in [-0.25, -0.2) is 0 Å². The van der Waals surface area contributed by atoms with Gasteiger partial charge in [-0.05, 0) is 18.8 Å². The highest BCUT2D eigenvalue weighted by atomic mass is 16.5. The Bertz CT molecular complexity index is 332. The van der Waals surface area contributed by atoms with Crippen molar-refractivity contribution in [2.75, 3.05) is 13.2 Å². The molecule has 0 spiro atoms. The minimum absolute atomic E-state index is 0.151. The van der Waals surface area contributed by atoms with Gasteiger partial charge in [0.05, 0.1) is 18.6 Å². The fraction of sp³-hybridized carbons (Fsp3) is 0.818. The molecule has 90 valence electrons. The van der Waals surface area contributed by atoms with Crippen LogP contribution in [0.5, 0.6) is 0 Å². The zero-order chi connectivity index (χ0) is 11.5. The molecule has 1 saturated heterocycles. The highest BCUT2D eigenvalue weighted by Crippen LogP contribution is 2.25. The Kier molecular flexibility index (Phi) is 3.56. The minimum atomic E-state index is -0.151. The van der Waals surface area contributed by atoms with Crippen LogP contribution in [-0.4, -0.2) is 23.4 Å². The van der Waals surface area contributed by atoms with Crippen molar-refractivity contribution in [2.45, 2.75) is 38.6 Å². The Morgan fingerprint density at radius 1 is 1.44 bits per heavy atom. The highest BCUT2D eigenvalue weighted by Gasteiger charge is 2.24. The van der Waals surface area contributed by atoms with Crippen LogP contribution in [0.25, 0.3) is 0 Å². The summed E-state index contributed by atoms with van der Waals surface area (Å²) < 4.78 is 10.6. The first-order chi connectivity index (χ1) is 7.68. The van der Waals surface area contributed by atoms with Crippen LogP contribution in [-0.2, 0) is 4.74 Å². The lowest BCUT2D eigenvalue weighted by Crippen LogP contribution is -2.19. The van der Waals surface area contributed by atoms with E-state index in [9.17, 15) is 0 Å². The second kappa shape index (κ2) is 4.93. The average molecular weight is 225 g/mol. The van der Waals surface area contributed by atoms with Crippen molar-refractivity contribution in [1.82, 2.24) is 10.1 Å². The van der Waals surface area contributed by atoms with E-state index in [1.165, 1.54) is 0 Å². The summed E-state index contributed by atoms with van der Waals surface area (Å²) in [4.78, 5) is 4.37. The third-order valence-electron chi connectivity index (χ3n) is 2.98. The summed E-state index contributed by atoms with van der Waals surface area (Å²) in [5, 5.41) is 3.95. The van der Waals surface area contributed by atoms with Gasteiger partial charge in [0.1, 0.15) is 0 Å². The predicted molar refractivity (Wildman–Crippen MR) is 58.9 cm³/mol. The molecule has 2 heterocycles. The fourth-order valence-electron chi connectivity index (χ4n) is 1.78. The molecule has 1 aromatic rings. The van der Waals surface area contributed by atoms with Crippen LogP contribution in [0.4, 0.5) is 0 Å². The van der Waals surface area contributed by atoms with E-state index in [2.05, 4.69) is 10.1 Å². The van der Waals surface area contributed by atoms with Crippen molar-refractivity contribution in [3.63, 3.8) is 0 Å². The Labute approximate surface area is 95.3 Å². The quantitative estimate of drug-likeness (QED) is 0.846. The van der Waals surface area contributed by atoms with Crippen LogP contribution in [0.2, 0.25) is 0 Å². The first-order valence-electron chi connectivity index (χ1n) is 5.85. The van der Waals surface area contributed by atoms with Gasteiger partial charge in [-0.3, -0.25) is 0 Å². The molecule has 0 radical (unpaired) electrons. The van der Waals surface area contributed by atoms with Gasteiger partial charge < -0.3 is 15.0 Å². The maximum Gasteiger partial charge on any atom is 0.232 e. The molecule has 1 aromatic heterocycles. The van der Waals surface area contributed by atoms with Crippen molar-refractivity contribution in [1.29, 1.82) is 0 Å². The van der Waals surface area contributed by atoms with Gasteiger partial charge in [-0.1, -0.05) is 19.0 Å². The van der Waals surface area contributed by atoms with Crippen LogP contribution in [0, 0.1) is 5.92 Å².